The van der Waals surface area contributed by atoms with E-state index in [1.807, 2.05) is 0 Å². The van der Waals surface area contributed by atoms with E-state index in [1.165, 1.54) is 12.3 Å². The van der Waals surface area contributed by atoms with Crippen molar-refractivity contribution in [2.45, 2.75) is 0 Å². The minimum atomic E-state index is 0.346. The van der Waals surface area contributed by atoms with Gasteiger partial charge in [-0.2, -0.15) is 0 Å². The summed E-state index contributed by atoms with van der Waals surface area (Å²) >= 11 is 0. The Morgan fingerprint density at radius 2 is 2.33 bits per heavy atom. The van der Waals surface area contributed by atoms with Gasteiger partial charge >= 0.3 is 0 Å². The van der Waals surface area contributed by atoms with Crippen LogP contribution in [0.5, 0.6) is 0 Å². The Labute approximate surface area is 67.5 Å². The summed E-state index contributed by atoms with van der Waals surface area (Å²) in [6, 6.07) is 5.01. The van der Waals surface area contributed by atoms with Crippen LogP contribution in [0.4, 0.5) is 5.82 Å². The summed E-state index contributed by atoms with van der Waals surface area (Å²) in [5.41, 5.74) is 1.37. The second-order valence-electron chi connectivity index (χ2n) is 2.18. The van der Waals surface area contributed by atoms with Crippen LogP contribution < -0.4 is 0 Å². The predicted molar refractivity (Wildman–Crippen MR) is 41.8 cm³/mol. The lowest BCUT2D eigenvalue weighted by atomic mass is 10.4. The van der Waals surface area contributed by atoms with Gasteiger partial charge in [0.25, 0.3) is 0 Å². The van der Waals surface area contributed by atoms with Crippen LogP contribution in [0.2, 0.25) is 0 Å². The minimum Gasteiger partial charge on any atom is -0.463 e. The Kier molecular flexibility index (Phi) is 1.47. The van der Waals surface area contributed by atoms with Gasteiger partial charge in [0.2, 0.25) is 6.08 Å². The normalized spacial score (nSPS) is 9.67. The Balaban J connectivity index is 2.67. The number of hydrogen-bond acceptors (Lipinski definition) is 4. The number of hydrogen-bond donors (Lipinski definition) is 0. The molecule has 0 aliphatic heterocycles. The summed E-state index contributed by atoms with van der Waals surface area (Å²) in [6.45, 7) is 0. The molecule has 0 radical (unpaired) electrons. The van der Waals surface area contributed by atoms with Crippen LogP contribution in [0.1, 0.15) is 0 Å². The number of rotatable bonds is 1. The van der Waals surface area contributed by atoms with E-state index in [0.717, 1.165) is 0 Å². The van der Waals surface area contributed by atoms with Gasteiger partial charge in [0.1, 0.15) is 5.52 Å². The van der Waals surface area contributed by atoms with Gasteiger partial charge in [-0.3, -0.25) is 0 Å². The molecule has 4 nitrogen and oxygen atoms in total. The lowest BCUT2D eigenvalue weighted by molar-refractivity contribution is 0.565. The first-order valence-corrected chi connectivity index (χ1v) is 3.32. The molecule has 2 aromatic rings. The number of isocyanates is 1. The largest absolute Gasteiger partial charge is 0.463 e. The molecule has 0 bridgehead atoms. The Bertz CT molecular complexity index is 455. The summed E-state index contributed by atoms with van der Waals surface area (Å²) < 4.78 is 5.05. The van der Waals surface area contributed by atoms with E-state index in [2.05, 4.69) is 9.98 Å². The number of nitrogens with zero attached hydrogens (tertiary/aromatic N) is 2. The Hall–Kier alpha value is -1.93. The smallest absolute Gasteiger partial charge is 0.242 e. The first-order chi connectivity index (χ1) is 5.90. The van der Waals surface area contributed by atoms with Crippen LogP contribution in [0.25, 0.3) is 11.1 Å². The zero-order valence-corrected chi connectivity index (χ0v) is 6.02. The van der Waals surface area contributed by atoms with E-state index in [0.29, 0.717) is 16.9 Å². The number of furan rings is 1. The molecule has 0 spiro atoms. The molecule has 0 aromatic carbocycles. The van der Waals surface area contributed by atoms with Crippen molar-refractivity contribution in [3.63, 3.8) is 0 Å². The summed E-state index contributed by atoms with van der Waals surface area (Å²) in [7, 11) is 0. The van der Waals surface area contributed by atoms with E-state index < -0.39 is 0 Å². The van der Waals surface area contributed by atoms with Gasteiger partial charge in [-0.25, -0.2) is 9.78 Å². The number of pyridine rings is 1. The monoisotopic (exact) mass is 160 g/mol. The van der Waals surface area contributed by atoms with E-state index in [9.17, 15) is 4.79 Å². The second-order valence-corrected chi connectivity index (χ2v) is 2.18. The van der Waals surface area contributed by atoms with Crippen molar-refractivity contribution in [2.75, 3.05) is 0 Å². The van der Waals surface area contributed by atoms with Crippen LogP contribution in [0, 0.1) is 0 Å². The van der Waals surface area contributed by atoms with Crippen LogP contribution >= 0.6 is 0 Å². The van der Waals surface area contributed by atoms with Crippen molar-refractivity contribution in [1.82, 2.24) is 4.98 Å². The van der Waals surface area contributed by atoms with Gasteiger partial charge in [-0.15, -0.1) is 4.99 Å². The molecule has 0 amide bonds. The average Bonchev–Trinajstić information content (AvgIpc) is 2.51. The fourth-order valence-corrected chi connectivity index (χ4v) is 0.951. The van der Waals surface area contributed by atoms with Crippen LogP contribution in [0.3, 0.4) is 0 Å². The lowest BCUT2D eigenvalue weighted by Crippen LogP contribution is -1.72. The SMILES string of the molecule is O=C=Nc1ccc2occc2n1. The minimum absolute atomic E-state index is 0.346. The molecule has 0 N–H and O–H groups in total. The molecule has 0 aliphatic rings. The number of aliphatic imine (C=N–C) groups is 1. The van der Waals surface area contributed by atoms with Crippen molar-refractivity contribution >= 4 is 23.0 Å². The number of fused-ring (bicyclic) bond motifs is 1. The van der Waals surface area contributed by atoms with E-state index in [1.54, 1.807) is 18.2 Å². The molecular formula is C8H4N2O2. The van der Waals surface area contributed by atoms with Crippen molar-refractivity contribution < 1.29 is 9.21 Å². The third-order valence-electron chi connectivity index (χ3n) is 1.45. The molecule has 58 valence electrons. The average molecular weight is 160 g/mol. The highest BCUT2D eigenvalue weighted by Crippen LogP contribution is 2.16. The van der Waals surface area contributed by atoms with Crippen molar-refractivity contribution in [2.24, 2.45) is 4.99 Å². The highest BCUT2D eigenvalue weighted by atomic mass is 16.3. The number of aromatic nitrogens is 1. The molecule has 4 heteroatoms. The van der Waals surface area contributed by atoms with E-state index in [-0.39, 0.29) is 0 Å². The fraction of sp³-hybridized carbons (Fsp3) is 0. The second kappa shape index (κ2) is 2.60. The van der Waals surface area contributed by atoms with E-state index in [4.69, 9.17) is 4.42 Å². The first-order valence-electron chi connectivity index (χ1n) is 3.32. The van der Waals surface area contributed by atoms with Gasteiger partial charge in [0, 0.05) is 6.07 Å². The molecule has 0 saturated heterocycles. The quantitative estimate of drug-likeness (QED) is 0.472. The third-order valence-corrected chi connectivity index (χ3v) is 1.45. The maximum Gasteiger partial charge on any atom is 0.242 e. The van der Waals surface area contributed by atoms with Gasteiger partial charge < -0.3 is 4.42 Å². The molecule has 2 rings (SSSR count). The van der Waals surface area contributed by atoms with Gasteiger partial charge in [-0.1, -0.05) is 0 Å². The predicted octanol–water partition coefficient (Wildman–Crippen LogP) is 1.80. The zero-order valence-electron chi connectivity index (χ0n) is 6.02. The Morgan fingerprint density at radius 3 is 3.17 bits per heavy atom. The first kappa shape index (κ1) is 6.76. The molecule has 0 fully saturated rings. The third kappa shape index (κ3) is 1.00. The zero-order chi connectivity index (χ0) is 8.39. The van der Waals surface area contributed by atoms with Crippen molar-refractivity contribution in [3.8, 4) is 0 Å². The molecule has 12 heavy (non-hydrogen) atoms. The summed E-state index contributed by atoms with van der Waals surface area (Å²) in [5.74, 6) is 0.346. The number of carbonyl (C=O) groups excluding carboxylic acids is 1. The highest BCUT2D eigenvalue weighted by molar-refractivity contribution is 5.74. The molecule has 0 atom stereocenters. The molecular weight excluding hydrogens is 156 g/mol. The maximum atomic E-state index is 9.89. The molecule has 2 aromatic heterocycles. The summed E-state index contributed by atoms with van der Waals surface area (Å²) in [4.78, 5) is 17.3. The summed E-state index contributed by atoms with van der Waals surface area (Å²) in [6.07, 6.45) is 2.96. The van der Waals surface area contributed by atoms with E-state index >= 15 is 0 Å². The molecule has 0 aliphatic carbocycles. The van der Waals surface area contributed by atoms with Crippen molar-refractivity contribution in [1.29, 1.82) is 0 Å². The lowest BCUT2D eigenvalue weighted by Gasteiger charge is -1.88. The van der Waals surface area contributed by atoms with Crippen LogP contribution in [-0.2, 0) is 4.79 Å². The maximum absolute atomic E-state index is 9.89. The van der Waals surface area contributed by atoms with Gasteiger partial charge in [0.15, 0.2) is 11.4 Å². The Morgan fingerprint density at radius 1 is 1.42 bits per heavy atom. The standard InChI is InChI=1S/C8H4N2O2/c11-5-9-8-2-1-7-6(10-8)3-4-12-7/h1-4H. The van der Waals surface area contributed by atoms with Crippen LogP contribution in [-0.4, -0.2) is 11.1 Å². The van der Waals surface area contributed by atoms with Gasteiger partial charge in [0.05, 0.1) is 6.26 Å². The molecule has 0 saturated carbocycles. The molecule has 2 heterocycles. The molecule has 0 unspecified atom stereocenters. The highest BCUT2D eigenvalue weighted by Gasteiger charge is 1.97. The van der Waals surface area contributed by atoms with Gasteiger partial charge in [-0.05, 0) is 12.1 Å². The fourth-order valence-electron chi connectivity index (χ4n) is 0.951. The topological polar surface area (TPSA) is 55.5 Å². The summed E-state index contributed by atoms with van der Waals surface area (Å²) in [5, 5.41) is 0. The van der Waals surface area contributed by atoms with Crippen LogP contribution in [0.15, 0.2) is 33.9 Å². The van der Waals surface area contributed by atoms with Crippen molar-refractivity contribution in [3.05, 3.63) is 24.5 Å².